The third-order valence-electron chi connectivity index (χ3n) is 11.9. The Morgan fingerprint density at radius 1 is 0.540 bits per heavy atom. The van der Waals surface area contributed by atoms with Crippen molar-refractivity contribution >= 4 is 44.0 Å². The second kappa shape index (κ2) is 18.0. The Labute approximate surface area is 389 Å². The summed E-state index contributed by atoms with van der Waals surface area (Å²) in [5.41, 5.74) is 14.5. The fraction of sp³-hybridized carbons (Fsp3) is 0.228. The fourth-order valence-corrected chi connectivity index (χ4v) is 8.86. The first kappa shape index (κ1) is 39.8. The van der Waals surface area contributed by atoms with Gasteiger partial charge in [-0.2, -0.15) is 0 Å². The van der Waals surface area contributed by atoms with Crippen molar-refractivity contribution in [1.29, 1.82) is 0 Å². The van der Waals surface area contributed by atoms with Gasteiger partial charge in [-0.05, 0) is 76.3 Å². The molecule has 0 amide bonds. The van der Waals surface area contributed by atoms with E-state index in [1.807, 2.05) is 60.7 Å². The van der Waals surface area contributed by atoms with E-state index in [2.05, 4.69) is 149 Å². The minimum absolute atomic E-state index is 0. The van der Waals surface area contributed by atoms with Gasteiger partial charge in [0.05, 0.1) is 39.3 Å². The molecule has 0 saturated carbocycles. The summed E-state index contributed by atoms with van der Waals surface area (Å²) in [4.78, 5) is 10.1. The summed E-state index contributed by atoms with van der Waals surface area (Å²) in [5.74, 6) is 3.05. The topological polar surface area (TPSA) is 48.8 Å². The van der Waals surface area contributed by atoms with Gasteiger partial charge in [0.2, 0.25) is 0 Å². The van der Waals surface area contributed by atoms with Gasteiger partial charge in [-0.15, -0.1) is 53.6 Å². The van der Waals surface area contributed by atoms with Crippen LogP contribution >= 0.6 is 0 Å². The number of benzene rings is 7. The Kier molecular flexibility index (Phi) is 11.3. The molecule has 1 radical (unpaired) electrons. The van der Waals surface area contributed by atoms with Gasteiger partial charge in [0.1, 0.15) is 5.58 Å². The molecule has 0 aliphatic heterocycles. The molecule has 0 saturated heterocycles. The summed E-state index contributed by atoms with van der Waals surface area (Å²) in [6.07, 6.45) is 0. The summed E-state index contributed by atoms with van der Waals surface area (Å²) >= 11 is 0. The fourth-order valence-electron chi connectivity index (χ4n) is 8.86. The molecule has 0 aliphatic carbocycles. The van der Waals surface area contributed by atoms with Crippen molar-refractivity contribution in [3.05, 3.63) is 179 Å². The van der Waals surface area contributed by atoms with Crippen LogP contribution in [0, 0.1) is 19.0 Å². The van der Waals surface area contributed by atoms with Crippen LogP contribution in [-0.2, 0) is 20.1 Å². The number of hydrogen-bond donors (Lipinski definition) is 0. The molecular formula is C57H54IrN4O-2. The van der Waals surface area contributed by atoms with E-state index in [0.717, 1.165) is 44.5 Å². The van der Waals surface area contributed by atoms with Gasteiger partial charge in [0.25, 0.3) is 0 Å². The van der Waals surface area contributed by atoms with Crippen molar-refractivity contribution in [3.8, 4) is 34.2 Å². The van der Waals surface area contributed by atoms with Crippen molar-refractivity contribution < 1.29 is 28.6 Å². The van der Waals surface area contributed by atoms with Crippen LogP contribution < -0.4 is 0 Å². The van der Waals surface area contributed by atoms with Gasteiger partial charge in [-0.3, -0.25) is 9.97 Å². The molecule has 7 aromatic carbocycles. The number of rotatable bonds is 8. The minimum Gasteiger partial charge on any atom is -0.501 e. The largest absolute Gasteiger partial charge is 0.501 e. The number of aryl methyl sites for hydroxylation is 1. The van der Waals surface area contributed by atoms with Crippen molar-refractivity contribution in [1.82, 2.24) is 19.1 Å². The van der Waals surface area contributed by atoms with Crippen LogP contribution in [0.15, 0.2) is 144 Å². The number of aromatic nitrogens is 4. The summed E-state index contributed by atoms with van der Waals surface area (Å²) < 4.78 is 35.6. The van der Waals surface area contributed by atoms with Crippen molar-refractivity contribution in [2.75, 3.05) is 0 Å². The van der Waals surface area contributed by atoms with Crippen LogP contribution in [0.2, 0.25) is 0 Å². The average Bonchev–Trinajstić information content (AvgIpc) is 4.00. The van der Waals surface area contributed by atoms with Crippen LogP contribution in [0.4, 0.5) is 0 Å². The molecule has 3 heterocycles. The average molecular weight is 1010 g/mol. The molecule has 10 rings (SSSR count). The van der Waals surface area contributed by atoms with Crippen molar-refractivity contribution in [2.24, 2.45) is 0 Å². The minimum atomic E-state index is -2.31. The normalized spacial score (nSPS) is 12.6. The van der Waals surface area contributed by atoms with Gasteiger partial charge < -0.3 is 13.6 Å². The molecule has 0 fully saturated rings. The number of fused-ring (bicyclic) bond motifs is 5. The van der Waals surface area contributed by atoms with Crippen LogP contribution in [0.5, 0.6) is 0 Å². The molecular weight excluding hydrogens is 949 g/mol. The maximum atomic E-state index is 8.21. The Morgan fingerprint density at radius 3 is 1.56 bits per heavy atom. The first-order chi connectivity index (χ1) is 31.2. The van der Waals surface area contributed by atoms with E-state index in [4.69, 9.17) is 18.5 Å². The smallest absolute Gasteiger partial charge is 0.120 e. The van der Waals surface area contributed by atoms with Gasteiger partial charge in [0, 0.05) is 41.0 Å². The van der Waals surface area contributed by atoms with Gasteiger partial charge in [-0.25, -0.2) is 0 Å². The van der Waals surface area contributed by atoms with Gasteiger partial charge >= 0.3 is 0 Å². The van der Waals surface area contributed by atoms with Crippen molar-refractivity contribution in [3.63, 3.8) is 0 Å². The Hall–Kier alpha value is -6.07. The summed E-state index contributed by atoms with van der Waals surface area (Å²) in [5, 5.41) is 1.37. The molecule has 319 valence electrons. The predicted molar refractivity (Wildman–Crippen MR) is 259 cm³/mol. The number of hydrogen-bond acceptors (Lipinski definition) is 3. The van der Waals surface area contributed by atoms with Gasteiger partial charge in [-0.1, -0.05) is 152 Å². The molecule has 0 bridgehead atoms. The summed E-state index contributed by atoms with van der Waals surface area (Å²) in [6.45, 7) is 15.5. The van der Waals surface area contributed by atoms with E-state index >= 15 is 0 Å². The number of nitrogens with zero attached hydrogens (tertiary/aromatic N) is 4. The molecule has 0 aliphatic rings. The molecule has 0 unspecified atom stereocenters. The third kappa shape index (κ3) is 7.85. The van der Waals surface area contributed by atoms with E-state index in [1.54, 1.807) is 6.07 Å². The summed E-state index contributed by atoms with van der Waals surface area (Å²) in [7, 11) is 0. The Bertz CT molecular complexity index is 3290. The molecule has 10 aromatic rings. The molecule has 6 heteroatoms. The zero-order valence-corrected chi connectivity index (χ0v) is 39.5. The molecule has 63 heavy (non-hydrogen) atoms. The molecule has 3 aromatic heterocycles. The predicted octanol–water partition coefficient (Wildman–Crippen LogP) is 15.7. The van der Waals surface area contributed by atoms with E-state index < -0.39 is 6.85 Å². The first-order valence-electron chi connectivity index (χ1n) is 23.3. The standard InChI is InChI=1S/C32H29N2O.C25H25N2.Ir/c1-19(2)22-12-10-13-23(20(3)4)30(22)34-27-15-8-7-14-26(27)33-32(34)25-18-17-21(5)29-24-11-6-9-16-28(24)35-31(25)29;1-17(2)20-13-10-14-21(18(3)4)24(20)27-23-16-9-8-15-22(23)26-25(27)19-11-6-5-7-12-19;/h6-17,19-20H,1-5H3;5-11,13-18H,1-4H3;/q2*-1;/i5D3;;. The van der Waals surface area contributed by atoms with E-state index in [1.165, 1.54) is 27.9 Å². The van der Waals surface area contributed by atoms with Crippen LogP contribution in [0.25, 0.3) is 78.2 Å². The molecule has 0 atom stereocenters. The zero-order valence-electron chi connectivity index (χ0n) is 40.1. The second-order valence-corrected chi connectivity index (χ2v) is 17.4. The SMILES string of the molecule is CC(C)c1cccc(C(C)C)c1-n1c(-c2[c-]cccc2)nc2ccccc21.[2H]C([2H])([2H])c1c[c-]c(-c2nc3ccccc3n2-c2c(C(C)C)cccc2C(C)C)c2oc3ccccc3c12.[Ir]. The van der Waals surface area contributed by atoms with E-state index in [-0.39, 0.29) is 37.5 Å². The monoisotopic (exact) mass is 1010 g/mol. The van der Waals surface area contributed by atoms with Crippen LogP contribution in [0.1, 0.15) is 111 Å². The molecule has 5 nitrogen and oxygen atoms in total. The number of imidazole rings is 2. The molecule has 0 N–H and O–H groups in total. The van der Waals surface area contributed by atoms with Crippen molar-refractivity contribution in [2.45, 2.75) is 85.9 Å². The quantitative estimate of drug-likeness (QED) is 0.143. The number of furan rings is 1. The van der Waals surface area contributed by atoms with E-state index in [9.17, 15) is 0 Å². The summed E-state index contributed by atoms with van der Waals surface area (Å²) in [6, 6.07) is 53.6. The Balaban J connectivity index is 0.000000187. The van der Waals surface area contributed by atoms with E-state index in [0.29, 0.717) is 39.8 Å². The third-order valence-corrected chi connectivity index (χ3v) is 11.9. The number of para-hydroxylation sites is 7. The zero-order chi connectivity index (χ0) is 45.7. The molecule has 0 spiro atoms. The maximum Gasteiger partial charge on any atom is 0.120 e. The van der Waals surface area contributed by atoms with Gasteiger partial charge in [0.15, 0.2) is 0 Å². The van der Waals surface area contributed by atoms with Crippen LogP contribution in [0.3, 0.4) is 0 Å². The second-order valence-electron chi connectivity index (χ2n) is 17.4. The first-order valence-corrected chi connectivity index (χ1v) is 21.8. The Morgan fingerprint density at radius 2 is 1.03 bits per heavy atom. The van der Waals surface area contributed by atoms with Crippen LogP contribution in [-0.4, -0.2) is 19.1 Å². The maximum absolute atomic E-state index is 8.21.